The van der Waals surface area contributed by atoms with Gasteiger partial charge in [-0.05, 0) is 44.4 Å². The van der Waals surface area contributed by atoms with Crippen LogP contribution >= 0.6 is 11.6 Å². The molecule has 0 bridgehead atoms. The van der Waals surface area contributed by atoms with Gasteiger partial charge in [0.1, 0.15) is 0 Å². The van der Waals surface area contributed by atoms with Crippen molar-refractivity contribution in [1.82, 2.24) is 0 Å². The molecule has 0 fully saturated rings. The highest BCUT2D eigenvalue weighted by molar-refractivity contribution is 6.31. The fourth-order valence-electron chi connectivity index (χ4n) is 1.09. The zero-order chi connectivity index (χ0) is 9.84. The molecule has 1 aromatic carbocycles. The molecule has 0 heterocycles. The summed E-state index contributed by atoms with van der Waals surface area (Å²) in [6.45, 7) is 6.23. The van der Waals surface area contributed by atoms with E-state index in [1.54, 1.807) is 0 Å². The lowest BCUT2D eigenvalue weighted by Gasteiger charge is -2.01. The molecule has 0 aliphatic heterocycles. The number of allylic oxidation sites excluding steroid dienone is 2. The minimum absolute atomic E-state index is 0.861. The van der Waals surface area contributed by atoms with Crippen molar-refractivity contribution in [1.29, 1.82) is 0 Å². The molecular weight excluding hydrogens is 180 g/mol. The van der Waals surface area contributed by atoms with Crippen molar-refractivity contribution >= 4 is 11.6 Å². The van der Waals surface area contributed by atoms with Gasteiger partial charge in [-0.15, -0.1) is 0 Å². The van der Waals surface area contributed by atoms with Crippen LogP contribution in [-0.4, -0.2) is 0 Å². The molecule has 1 heteroatoms. The van der Waals surface area contributed by atoms with Crippen LogP contribution in [0, 0.1) is 6.92 Å². The average Bonchev–Trinajstić information content (AvgIpc) is 2.07. The number of rotatable bonds is 2. The van der Waals surface area contributed by atoms with Crippen molar-refractivity contribution in [2.45, 2.75) is 27.2 Å². The number of halogens is 1. The Kier molecular flexibility index (Phi) is 3.56. The first-order valence-corrected chi connectivity index (χ1v) is 4.86. The van der Waals surface area contributed by atoms with Crippen molar-refractivity contribution < 1.29 is 0 Å². The van der Waals surface area contributed by atoms with Gasteiger partial charge in [-0.25, -0.2) is 0 Å². The van der Waals surface area contributed by atoms with Crippen LogP contribution in [0.1, 0.15) is 25.0 Å². The Morgan fingerprint density at radius 1 is 1.38 bits per heavy atom. The molecule has 70 valence electrons. The molecule has 0 radical (unpaired) electrons. The standard InChI is InChI=1S/C12H15Cl/c1-9(2)4-6-11-7-5-10(3)12(13)8-11/h4-5,7-8H,6H2,1-3H3. The van der Waals surface area contributed by atoms with E-state index < -0.39 is 0 Å². The zero-order valence-corrected chi connectivity index (χ0v) is 9.15. The number of benzene rings is 1. The summed E-state index contributed by atoms with van der Waals surface area (Å²) in [5.41, 5.74) is 3.76. The third-order valence-corrected chi connectivity index (χ3v) is 2.39. The van der Waals surface area contributed by atoms with E-state index in [1.165, 1.54) is 11.1 Å². The van der Waals surface area contributed by atoms with Crippen LogP contribution < -0.4 is 0 Å². The maximum absolute atomic E-state index is 6.01. The fraction of sp³-hybridized carbons (Fsp3) is 0.333. The second kappa shape index (κ2) is 4.48. The first kappa shape index (κ1) is 10.3. The maximum Gasteiger partial charge on any atom is 0.0438 e. The first-order valence-electron chi connectivity index (χ1n) is 4.48. The number of aryl methyl sites for hydroxylation is 1. The molecule has 0 aliphatic carbocycles. The lowest BCUT2D eigenvalue weighted by molar-refractivity contribution is 1.21. The summed E-state index contributed by atoms with van der Waals surface area (Å²) in [6.07, 6.45) is 3.18. The van der Waals surface area contributed by atoms with Crippen LogP contribution in [0.2, 0.25) is 5.02 Å². The molecule has 13 heavy (non-hydrogen) atoms. The third-order valence-electron chi connectivity index (χ3n) is 1.98. The topological polar surface area (TPSA) is 0 Å². The Balaban J connectivity index is 2.80. The summed E-state index contributed by atoms with van der Waals surface area (Å²) in [4.78, 5) is 0. The Morgan fingerprint density at radius 2 is 2.08 bits per heavy atom. The van der Waals surface area contributed by atoms with E-state index in [9.17, 15) is 0 Å². The monoisotopic (exact) mass is 194 g/mol. The molecule has 0 saturated heterocycles. The Hall–Kier alpha value is -0.750. The van der Waals surface area contributed by atoms with E-state index in [0.717, 1.165) is 17.0 Å². The second-order valence-electron chi connectivity index (χ2n) is 3.57. The molecule has 0 aliphatic rings. The largest absolute Gasteiger partial charge is 0.0840 e. The van der Waals surface area contributed by atoms with E-state index in [-0.39, 0.29) is 0 Å². The van der Waals surface area contributed by atoms with Crippen LogP contribution in [0.25, 0.3) is 0 Å². The van der Waals surface area contributed by atoms with Crippen molar-refractivity contribution in [3.05, 3.63) is 46.0 Å². The second-order valence-corrected chi connectivity index (χ2v) is 3.98. The molecule has 0 spiro atoms. The summed E-state index contributed by atoms with van der Waals surface area (Å²) >= 11 is 6.01. The normalized spacial score (nSPS) is 9.85. The Bertz CT molecular complexity index is 320. The number of hydrogen-bond acceptors (Lipinski definition) is 0. The summed E-state index contributed by atoms with van der Waals surface area (Å²) in [6, 6.07) is 6.23. The van der Waals surface area contributed by atoms with E-state index in [2.05, 4.69) is 32.1 Å². The van der Waals surface area contributed by atoms with Gasteiger partial charge in [0.15, 0.2) is 0 Å². The first-order chi connectivity index (χ1) is 6.09. The minimum atomic E-state index is 0.861. The molecule has 0 nitrogen and oxygen atoms in total. The van der Waals surface area contributed by atoms with Crippen molar-refractivity contribution in [2.75, 3.05) is 0 Å². The Labute approximate surface area is 85.2 Å². The highest BCUT2D eigenvalue weighted by atomic mass is 35.5. The molecule has 0 N–H and O–H groups in total. The number of hydrogen-bond donors (Lipinski definition) is 0. The van der Waals surface area contributed by atoms with Gasteiger partial charge >= 0.3 is 0 Å². The van der Waals surface area contributed by atoms with Crippen molar-refractivity contribution in [3.8, 4) is 0 Å². The lowest BCUT2D eigenvalue weighted by Crippen LogP contribution is -1.83. The van der Waals surface area contributed by atoms with E-state index in [0.29, 0.717) is 0 Å². The van der Waals surface area contributed by atoms with Gasteiger partial charge < -0.3 is 0 Å². The highest BCUT2D eigenvalue weighted by Gasteiger charge is 1.95. The lowest BCUT2D eigenvalue weighted by atomic mass is 10.1. The quantitative estimate of drug-likeness (QED) is 0.621. The molecular formula is C12H15Cl. The summed E-state index contributed by atoms with van der Waals surface area (Å²) in [5, 5.41) is 0.861. The van der Waals surface area contributed by atoms with Crippen LogP contribution in [0.3, 0.4) is 0 Å². The van der Waals surface area contributed by atoms with Gasteiger partial charge in [-0.3, -0.25) is 0 Å². The van der Waals surface area contributed by atoms with Crippen LogP contribution in [0.15, 0.2) is 29.8 Å². The predicted octanol–water partition coefficient (Wildman–Crippen LogP) is 4.16. The Morgan fingerprint density at radius 3 is 2.62 bits per heavy atom. The molecule has 0 aromatic heterocycles. The van der Waals surface area contributed by atoms with E-state index in [1.807, 2.05) is 13.0 Å². The van der Waals surface area contributed by atoms with Crippen molar-refractivity contribution in [3.63, 3.8) is 0 Å². The molecule has 0 saturated carbocycles. The van der Waals surface area contributed by atoms with Gasteiger partial charge in [0.25, 0.3) is 0 Å². The van der Waals surface area contributed by atoms with Crippen molar-refractivity contribution in [2.24, 2.45) is 0 Å². The van der Waals surface area contributed by atoms with Gasteiger partial charge in [0.2, 0.25) is 0 Å². The third kappa shape index (κ3) is 3.23. The molecule has 1 rings (SSSR count). The van der Waals surface area contributed by atoms with E-state index in [4.69, 9.17) is 11.6 Å². The average molecular weight is 195 g/mol. The maximum atomic E-state index is 6.01. The molecule has 0 amide bonds. The summed E-state index contributed by atoms with van der Waals surface area (Å²) in [7, 11) is 0. The SMILES string of the molecule is CC(C)=CCc1ccc(C)c(Cl)c1. The molecule has 0 atom stereocenters. The van der Waals surface area contributed by atoms with Gasteiger partial charge in [-0.1, -0.05) is 35.4 Å². The van der Waals surface area contributed by atoms with E-state index >= 15 is 0 Å². The van der Waals surface area contributed by atoms with Crippen LogP contribution in [0.4, 0.5) is 0 Å². The van der Waals surface area contributed by atoms with Gasteiger partial charge in [-0.2, -0.15) is 0 Å². The van der Waals surface area contributed by atoms with Crippen LogP contribution in [0.5, 0.6) is 0 Å². The van der Waals surface area contributed by atoms with Gasteiger partial charge in [0, 0.05) is 5.02 Å². The summed E-state index contributed by atoms with van der Waals surface area (Å²) in [5.74, 6) is 0. The highest BCUT2D eigenvalue weighted by Crippen LogP contribution is 2.17. The summed E-state index contributed by atoms with van der Waals surface area (Å²) < 4.78 is 0. The fourth-order valence-corrected chi connectivity index (χ4v) is 1.29. The molecule has 1 aromatic rings. The minimum Gasteiger partial charge on any atom is -0.0840 e. The molecule has 0 unspecified atom stereocenters. The smallest absolute Gasteiger partial charge is 0.0438 e. The van der Waals surface area contributed by atoms with Gasteiger partial charge in [0.05, 0.1) is 0 Å². The van der Waals surface area contributed by atoms with Crippen LogP contribution in [-0.2, 0) is 6.42 Å². The predicted molar refractivity (Wildman–Crippen MR) is 59.3 cm³/mol. The zero-order valence-electron chi connectivity index (χ0n) is 8.39.